The molecule has 0 unspecified atom stereocenters. The Morgan fingerprint density at radius 1 is 0.458 bits per heavy atom. The van der Waals surface area contributed by atoms with Crippen LogP contribution in [0.1, 0.15) is 25.7 Å². The molecule has 1 fully saturated rings. The number of hydrogen-bond donors (Lipinski definition) is 3. The molecular formula is C16H42Cl3N4Ti-5. The second-order valence-electron chi connectivity index (χ2n) is 4.34. The van der Waals surface area contributed by atoms with Crippen molar-refractivity contribution >= 4 is 37.2 Å². The maximum atomic E-state index is 4.51. The molecule has 0 amide bonds. The molecule has 8 heteroatoms. The summed E-state index contributed by atoms with van der Waals surface area (Å²) in [7, 11) is 0. The first-order chi connectivity index (χ1) is 8.00. The third-order valence-corrected chi connectivity index (χ3v) is 2.75. The molecule has 0 atom stereocenters. The number of nitrogens with zero attached hydrogens (tertiary/aromatic N) is 1. The van der Waals surface area contributed by atoms with Crippen LogP contribution < -0.4 is 16.0 Å². The van der Waals surface area contributed by atoms with Crippen molar-refractivity contribution in [3.05, 3.63) is 35.0 Å². The zero-order valence-corrected chi connectivity index (χ0v) is 20.2. The Bertz CT molecular complexity index is 97.3. The van der Waals surface area contributed by atoms with E-state index in [1.807, 2.05) is 0 Å². The molecule has 0 spiro atoms. The Hall–Kier alpha value is 1.42. The predicted octanol–water partition coefficient (Wildman–Crippen LogP) is 3.77. The molecule has 0 aromatic rings. The quantitative estimate of drug-likeness (QED) is 0.394. The maximum absolute atomic E-state index is 4.51. The summed E-state index contributed by atoms with van der Waals surface area (Å²) in [5.41, 5.74) is 0. The van der Waals surface area contributed by atoms with Crippen LogP contribution in [0.3, 0.4) is 0 Å². The molecule has 0 aromatic carbocycles. The molecule has 24 heavy (non-hydrogen) atoms. The molecule has 0 bridgehead atoms. The van der Waals surface area contributed by atoms with Crippen LogP contribution in [0.25, 0.3) is 5.32 Å². The van der Waals surface area contributed by atoms with Gasteiger partial charge in [0.15, 0.2) is 0 Å². The SMILES string of the molecule is C1C[N-]CCCNCCCNCCCNC1.Cl.Cl.Cl.[CH3-].[CH3-].[CH3-].[CH3-].[Ti]. The third-order valence-electron chi connectivity index (χ3n) is 2.75. The summed E-state index contributed by atoms with van der Waals surface area (Å²) in [4.78, 5) is 0. The normalized spacial score (nSPS) is 16.0. The van der Waals surface area contributed by atoms with Gasteiger partial charge < -0.3 is 51.0 Å². The van der Waals surface area contributed by atoms with Crippen LogP contribution in [0.15, 0.2) is 0 Å². The van der Waals surface area contributed by atoms with Gasteiger partial charge in [0, 0.05) is 21.7 Å². The average Bonchev–Trinajstić information content (AvgIpc) is 2.29. The summed E-state index contributed by atoms with van der Waals surface area (Å²) < 4.78 is 0. The van der Waals surface area contributed by atoms with E-state index in [1.165, 1.54) is 25.7 Å². The molecule has 0 radical (unpaired) electrons. The van der Waals surface area contributed by atoms with Gasteiger partial charge in [0.05, 0.1) is 0 Å². The van der Waals surface area contributed by atoms with Crippen molar-refractivity contribution in [1.82, 2.24) is 16.0 Å². The minimum atomic E-state index is 0. The van der Waals surface area contributed by atoms with Gasteiger partial charge in [-0.1, -0.05) is 12.8 Å². The van der Waals surface area contributed by atoms with Crippen LogP contribution in [0.4, 0.5) is 0 Å². The third kappa shape index (κ3) is 38.8. The molecule has 1 saturated heterocycles. The van der Waals surface area contributed by atoms with Crippen LogP contribution in [0.5, 0.6) is 0 Å². The molecule has 1 aliphatic heterocycles. The van der Waals surface area contributed by atoms with Gasteiger partial charge in [-0.25, -0.2) is 0 Å². The van der Waals surface area contributed by atoms with Gasteiger partial charge in [0.1, 0.15) is 0 Å². The topological polar surface area (TPSA) is 50.2 Å². The maximum Gasteiger partial charge on any atom is 0 e. The van der Waals surface area contributed by atoms with E-state index >= 15 is 0 Å². The first kappa shape index (κ1) is 50.0. The van der Waals surface area contributed by atoms with Gasteiger partial charge >= 0.3 is 0 Å². The standard InChI is InChI=1S/C12H27N4.4CH3.3ClH.Ti/c1-5-13-7-2-9-15-11-4-12-16-10-3-8-14-6-1;;;;;;;;/h13-15H,1-12H2;4*1H3;3*1H;/q5*-1;;;;. The van der Waals surface area contributed by atoms with Crippen molar-refractivity contribution in [3.63, 3.8) is 0 Å². The van der Waals surface area contributed by atoms with Crippen molar-refractivity contribution in [2.24, 2.45) is 0 Å². The molecular weight excluding hydrogens is 402 g/mol. The Balaban J connectivity index is -0.0000000533. The first-order valence-corrected chi connectivity index (χ1v) is 6.75. The molecule has 4 nitrogen and oxygen atoms in total. The zero-order valence-electron chi connectivity index (χ0n) is 16.2. The van der Waals surface area contributed by atoms with Crippen LogP contribution in [0, 0.1) is 29.7 Å². The summed E-state index contributed by atoms with van der Waals surface area (Å²) >= 11 is 0. The Morgan fingerprint density at radius 3 is 1.00 bits per heavy atom. The van der Waals surface area contributed by atoms with E-state index < -0.39 is 0 Å². The number of halogens is 3. The fraction of sp³-hybridized carbons (Fsp3) is 0.750. The van der Waals surface area contributed by atoms with Crippen molar-refractivity contribution in [3.8, 4) is 0 Å². The van der Waals surface area contributed by atoms with Crippen molar-refractivity contribution in [1.29, 1.82) is 0 Å². The van der Waals surface area contributed by atoms with E-state index in [9.17, 15) is 0 Å². The molecule has 1 aliphatic rings. The number of hydrogen-bond acceptors (Lipinski definition) is 3. The second-order valence-corrected chi connectivity index (χ2v) is 4.34. The van der Waals surface area contributed by atoms with Gasteiger partial charge in [-0.05, 0) is 52.1 Å². The summed E-state index contributed by atoms with van der Waals surface area (Å²) in [6.07, 6.45) is 4.82. The zero-order chi connectivity index (χ0) is 11.3. The molecule has 0 saturated carbocycles. The van der Waals surface area contributed by atoms with Gasteiger partial charge in [-0.2, -0.15) is 0 Å². The molecule has 0 aliphatic carbocycles. The molecule has 0 aromatic heterocycles. The van der Waals surface area contributed by atoms with E-state index in [2.05, 4.69) is 21.3 Å². The number of nitrogens with one attached hydrogen (secondary N) is 3. The molecule has 1 rings (SSSR count). The van der Waals surface area contributed by atoms with Crippen LogP contribution in [-0.2, 0) is 21.7 Å². The van der Waals surface area contributed by atoms with E-state index in [4.69, 9.17) is 0 Å². The summed E-state index contributed by atoms with van der Waals surface area (Å²) in [5.74, 6) is 0. The van der Waals surface area contributed by atoms with E-state index in [1.54, 1.807) is 0 Å². The first-order valence-electron chi connectivity index (χ1n) is 6.75. The molecule has 1 heterocycles. The number of rotatable bonds is 0. The Kier molecular flexibility index (Phi) is 91.9. The van der Waals surface area contributed by atoms with Crippen molar-refractivity contribution in [2.75, 3.05) is 52.4 Å². The van der Waals surface area contributed by atoms with Gasteiger partial charge in [-0.3, -0.25) is 0 Å². The van der Waals surface area contributed by atoms with Crippen LogP contribution in [0.2, 0.25) is 0 Å². The van der Waals surface area contributed by atoms with E-state index in [0.29, 0.717) is 0 Å². The minimum Gasteiger partial charge on any atom is -0.662 e. The van der Waals surface area contributed by atoms with E-state index in [-0.39, 0.29) is 88.6 Å². The van der Waals surface area contributed by atoms with Gasteiger partial charge in [0.2, 0.25) is 0 Å². The second kappa shape index (κ2) is 44.1. The largest absolute Gasteiger partial charge is 0.662 e. The van der Waals surface area contributed by atoms with Crippen molar-refractivity contribution in [2.45, 2.75) is 25.7 Å². The minimum absolute atomic E-state index is 0. The Morgan fingerprint density at radius 2 is 0.708 bits per heavy atom. The Labute approximate surface area is 187 Å². The monoisotopic (exact) mass is 443 g/mol. The average molecular weight is 445 g/mol. The van der Waals surface area contributed by atoms with Gasteiger partial charge in [0.25, 0.3) is 0 Å². The molecule has 156 valence electrons. The predicted molar refractivity (Wildman–Crippen MR) is 118 cm³/mol. The smallest absolute Gasteiger partial charge is 0 e. The van der Waals surface area contributed by atoms with Crippen molar-refractivity contribution < 1.29 is 21.7 Å². The molecule has 3 N–H and O–H groups in total. The van der Waals surface area contributed by atoms with Crippen LogP contribution in [-0.4, -0.2) is 52.4 Å². The fourth-order valence-corrected chi connectivity index (χ4v) is 1.80. The summed E-state index contributed by atoms with van der Waals surface area (Å²) in [6.45, 7) is 8.80. The van der Waals surface area contributed by atoms with Crippen LogP contribution >= 0.6 is 37.2 Å². The van der Waals surface area contributed by atoms with E-state index in [0.717, 1.165) is 52.4 Å². The fourth-order valence-electron chi connectivity index (χ4n) is 1.80. The summed E-state index contributed by atoms with van der Waals surface area (Å²) in [5, 5.41) is 14.9. The van der Waals surface area contributed by atoms with Gasteiger partial charge in [-0.15, -0.1) is 50.3 Å². The summed E-state index contributed by atoms with van der Waals surface area (Å²) in [6, 6.07) is 0.